The van der Waals surface area contributed by atoms with Gasteiger partial charge in [-0.2, -0.15) is 5.10 Å². The number of amides is 1. The van der Waals surface area contributed by atoms with Crippen LogP contribution in [0.4, 0.5) is 5.69 Å². The van der Waals surface area contributed by atoms with E-state index in [0.29, 0.717) is 16.7 Å². The molecule has 0 aliphatic heterocycles. The normalized spacial score (nSPS) is 11.2. The van der Waals surface area contributed by atoms with Crippen LogP contribution in [0, 0.1) is 6.92 Å². The summed E-state index contributed by atoms with van der Waals surface area (Å²) < 4.78 is 3.59. The minimum absolute atomic E-state index is 0.107. The summed E-state index contributed by atoms with van der Waals surface area (Å²) >= 11 is 0. The zero-order valence-corrected chi connectivity index (χ0v) is 16.2. The summed E-state index contributed by atoms with van der Waals surface area (Å²) in [4.78, 5) is 31.2. The number of fused-ring (bicyclic) bond motifs is 2. The molecule has 0 bridgehead atoms. The van der Waals surface area contributed by atoms with Gasteiger partial charge in [-0.1, -0.05) is 18.2 Å². The summed E-state index contributed by atoms with van der Waals surface area (Å²) in [5.41, 5.74) is 3.74. The van der Waals surface area contributed by atoms with Crippen molar-refractivity contribution in [3.8, 4) is 5.69 Å². The molecule has 8 heteroatoms. The van der Waals surface area contributed by atoms with Crippen molar-refractivity contribution in [3.05, 3.63) is 83.2 Å². The molecule has 0 aliphatic carbocycles. The standard InChI is InChI=1S/C22H18N6O2/c1-14-10-15-4-2-3-5-19(15)27(14)12-20(29)26-16-6-8-17(9-7-16)28-21-18(11-25-28)22(30)24-13-23-21/h2-11,13H,12H2,1H3,(H,26,29)(H,23,24,30). The van der Waals surface area contributed by atoms with E-state index in [1.165, 1.54) is 12.5 Å². The monoisotopic (exact) mass is 398 g/mol. The molecule has 0 unspecified atom stereocenters. The minimum atomic E-state index is -0.233. The van der Waals surface area contributed by atoms with Crippen molar-refractivity contribution < 1.29 is 4.79 Å². The highest BCUT2D eigenvalue weighted by Gasteiger charge is 2.11. The van der Waals surface area contributed by atoms with E-state index in [0.717, 1.165) is 22.3 Å². The molecule has 30 heavy (non-hydrogen) atoms. The number of aryl methyl sites for hydroxylation is 1. The van der Waals surface area contributed by atoms with E-state index in [9.17, 15) is 9.59 Å². The van der Waals surface area contributed by atoms with E-state index in [4.69, 9.17) is 0 Å². The summed E-state index contributed by atoms with van der Waals surface area (Å²) in [5, 5.41) is 8.72. The maximum atomic E-state index is 12.6. The maximum absolute atomic E-state index is 12.6. The van der Waals surface area contributed by atoms with Gasteiger partial charge in [0, 0.05) is 16.9 Å². The van der Waals surface area contributed by atoms with Crippen LogP contribution in [0.3, 0.4) is 0 Å². The van der Waals surface area contributed by atoms with Gasteiger partial charge in [-0.3, -0.25) is 9.59 Å². The highest BCUT2D eigenvalue weighted by Crippen LogP contribution is 2.20. The molecule has 1 amide bonds. The molecule has 0 radical (unpaired) electrons. The molecule has 0 fully saturated rings. The number of nitrogens with zero attached hydrogens (tertiary/aromatic N) is 4. The van der Waals surface area contributed by atoms with Crippen molar-refractivity contribution >= 4 is 33.5 Å². The number of para-hydroxylation sites is 1. The number of anilines is 1. The molecule has 0 saturated heterocycles. The van der Waals surface area contributed by atoms with Gasteiger partial charge in [0.1, 0.15) is 11.9 Å². The Morgan fingerprint density at radius 2 is 1.93 bits per heavy atom. The number of hydrogen-bond donors (Lipinski definition) is 2. The number of rotatable bonds is 4. The lowest BCUT2D eigenvalue weighted by Crippen LogP contribution is -2.19. The van der Waals surface area contributed by atoms with Crippen LogP contribution in [0.2, 0.25) is 0 Å². The second-order valence-corrected chi connectivity index (χ2v) is 7.05. The number of nitrogens with one attached hydrogen (secondary N) is 2. The van der Waals surface area contributed by atoms with E-state index < -0.39 is 0 Å². The van der Waals surface area contributed by atoms with Crippen LogP contribution >= 0.6 is 0 Å². The van der Waals surface area contributed by atoms with E-state index in [2.05, 4.69) is 26.4 Å². The number of benzene rings is 2. The predicted molar refractivity (Wildman–Crippen MR) is 115 cm³/mol. The van der Waals surface area contributed by atoms with Crippen LogP contribution in [0.1, 0.15) is 5.69 Å². The van der Waals surface area contributed by atoms with Crippen molar-refractivity contribution in [1.29, 1.82) is 0 Å². The second kappa shape index (κ2) is 7.00. The third-order valence-corrected chi connectivity index (χ3v) is 5.09. The first kappa shape index (κ1) is 17.9. The fourth-order valence-corrected chi connectivity index (χ4v) is 3.63. The largest absolute Gasteiger partial charge is 0.335 e. The summed E-state index contributed by atoms with van der Waals surface area (Å²) in [7, 11) is 0. The first-order chi connectivity index (χ1) is 14.6. The van der Waals surface area contributed by atoms with Gasteiger partial charge >= 0.3 is 0 Å². The SMILES string of the molecule is Cc1cc2ccccc2n1CC(=O)Nc1ccc(-n2ncc3c(=O)[nH]cnc32)cc1. The van der Waals surface area contributed by atoms with E-state index >= 15 is 0 Å². The zero-order valence-electron chi connectivity index (χ0n) is 16.2. The van der Waals surface area contributed by atoms with Crippen LogP contribution in [-0.2, 0) is 11.3 Å². The molecule has 8 nitrogen and oxygen atoms in total. The quantitative estimate of drug-likeness (QED) is 0.486. The molecule has 5 aromatic rings. The second-order valence-electron chi connectivity index (χ2n) is 7.05. The van der Waals surface area contributed by atoms with Gasteiger partial charge in [0.15, 0.2) is 5.65 Å². The average molecular weight is 398 g/mol. The minimum Gasteiger partial charge on any atom is -0.335 e. The van der Waals surface area contributed by atoms with Crippen LogP contribution in [-0.4, -0.2) is 30.2 Å². The molecule has 0 saturated carbocycles. The van der Waals surface area contributed by atoms with E-state index in [1.807, 2.05) is 47.9 Å². The predicted octanol–water partition coefficient (Wildman–Crippen LogP) is 3.01. The molecule has 3 heterocycles. The molecule has 5 rings (SSSR count). The van der Waals surface area contributed by atoms with Crippen LogP contribution in [0.5, 0.6) is 0 Å². The third kappa shape index (κ3) is 3.04. The van der Waals surface area contributed by atoms with Crippen molar-refractivity contribution in [3.63, 3.8) is 0 Å². The first-order valence-corrected chi connectivity index (χ1v) is 9.47. The molecule has 0 aliphatic rings. The van der Waals surface area contributed by atoms with Crippen molar-refractivity contribution in [2.45, 2.75) is 13.5 Å². The Balaban J connectivity index is 1.36. The van der Waals surface area contributed by atoms with Gasteiger partial charge in [-0.05, 0) is 48.7 Å². The topological polar surface area (TPSA) is 97.6 Å². The number of carbonyl (C=O) groups excluding carboxylic acids is 1. The Morgan fingerprint density at radius 3 is 2.77 bits per heavy atom. The Bertz CT molecular complexity index is 1440. The van der Waals surface area contributed by atoms with Gasteiger partial charge in [0.2, 0.25) is 5.91 Å². The fourth-order valence-electron chi connectivity index (χ4n) is 3.63. The van der Waals surface area contributed by atoms with Crippen molar-refractivity contribution in [2.24, 2.45) is 0 Å². The highest BCUT2D eigenvalue weighted by atomic mass is 16.2. The number of carbonyl (C=O) groups is 1. The smallest absolute Gasteiger partial charge is 0.261 e. The van der Waals surface area contributed by atoms with Crippen molar-refractivity contribution in [2.75, 3.05) is 5.32 Å². The Kier molecular flexibility index (Phi) is 4.17. The van der Waals surface area contributed by atoms with E-state index in [-0.39, 0.29) is 18.0 Å². The summed E-state index contributed by atoms with van der Waals surface area (Å²) in [6.07, 6.45) is 2.84. The van der Waals surface area contributed by atoms with Gasteiger partial charge in [-0.25, -0.2) is 9.67 Å². The molecule has 148 valence electrons. The average Bonchev–Trinajstić information content (AvgIpc) is 3.31. The number of aromatic nitrogens is 5. The summed E-state index contributed by atoms with van der Waals surface area (Å²) in [6, 6.07) is 17.3. The van der Waals surface area contributed by atoms with Gasteiger partial charge in [0.05, 0.1) is 18.2 Å². The summed E-state index contributed by atoms with van der Waals surface area (Å²) in [5.74, 6) is -0.107. The Labute approximate surface area is 170 Å². The van der Waals surface area contributed by atoms with Crippen LogP contribution in [0.15, 0.2) is 71.9 Å². The molecule has 0 atom stereocenters. The lowest BCUT2D eigenvalue weighted by atomic mass is 10.2. The van der Waals surface area contributed by atoms with Gasteiger partial charge in [0.25, 0.3) is 5.56 Å². The van der Waals surface area contributed by atoms with E-state index in [1.54, 1.807) is 16.8 Å². The zero-order chi connectivity index (χ0) is 20.7. The number of aromatic amines is 1. The number of hydrogen-bond acceptors (Lipinski definition) is 4. The Hall–Kier alpha value is -4.20. The van der Waals surface area contributed by atoms with Crippen LogP contribution in [0.25, 0.3) is 27.6 Å². The highest BCUT2D eigenvalue weighted by molar-refractivity contribution is 5.92. The van der Waals surface area contributed by atoms with Crippen molar-refractivity contribution in [1.82, 2.24) is 24.3 Å². The molecular weight excluding hydrogens is 380 g/mol. The molecule has 2 N–H and O–H groups in total. The molecule has 2 aromatic carbocycles. The van der Waals surface area contributed by atoms with Gasteiger partial charge < -0.3 is 14.9 Å². The molecular formula is C22H18N6O2. The Morgan fingerprint density at radius 1 is 1.13 bits per heavy atom. The van der Waals surface area contributed by atoms with Crippen LogP contribution < -0.4 is 10.9 Å². The molecule has 3 aromatic heterocycles. The van der Waals surface area contributed by atoms with Gasteiger partial charge in [-0.15, -0.1) is 0 Å². The first-order valence-electron chi connectivity index (χ1n) is 9.47. The fraction of sp³-hybridized carbons (Fsp3) is 0.0909. The maximum Gasteiger partial charge on any atom is 0.261 e. The lowest BCUT2D eigenvalue weighted by molar-refractivity contribution is -0.116. The lowest BCUT2D eigenvalue weighted by Gasteiger charge is -2.10. The molecule has 0 spiro atoms. The third-order valence-electron chi connectivity index (χ3n) is 5.09. The number of H-pyrrole nitrogens is 1. The summed E-state index contributed by atoms with van der Waals surface area (Å²) in [6.45, 7) is 2.23.